The second-order valence-corrected chi connectivity index (χ2v) is 3.76. The van der Waals surface area contributed by atoms with Crippen molar-refractivity contribution < 1.29 is 23.5 Å². The molecule has 0 atom stereocenters. The van der Waals surface area contributed by atoms with Crippen LogP contribution in [0, 0.1) is 11.8 Å². The first-order chi connectivity index (χ1) is 9.50. The van der Waals surface area contributed by atoms with Crippen LogP contribution in [0.4, 0.5) is 14.5 Å². The van der Waals surface area contributed by atoms with Crippen LogP contribution in [0.15, 0.2) is 36.5 Å². The van der Waals surface area contributed by atoms with Gasteiger partial charge in [0.1, 0.15) is 11.4 Å². The number of carboxylic acids is 1. The molecule has 7 heteroatoms. The number of pyridine rings is 1. The molecule has 0 saturated carbocycles. The van der Waals surface area contributed by atoms with Crippen molar-refractivity contribution in [2.75, 3.05) is 5.32 Å². The Hall–Kier alpha value is -2.83. The fourth-order valence-corrected chi connectivity index (χ4v) is 1.59. The van der Waals surface area contributed by atoms with E-state index in [1.54, 1.807) is 0 Å². The third-order valence-electron chi connectivity index (χ3n) is 2.48. The lowest BCUT2D eigenvalue weighted by Gasteiger charge is -2.09. The Morgan fingerprint density at radius 2 is 1.90 bits per heavy atom. The van der Waals surface area contributed by atoms with Gasteiger partial charge in [0.05, 0.1) is 11.3 Å². The summed E-state index contributed by atoms with van der Waals surface area (Å²) in [6.07, 6.45) is 1.16. The summed E-state index contributed by atoms with van der Waals surface area (Å²) in [4.78, 5) is 26.1. The Balaban J connectivity index is 2.36. The number of anilines is 1. The highest BCUT2D eigenvalue weighted by atomic mass is 19.1. The lowest BCUT2D eigenvalue weighted by molar-refractivity contribution is 0.0693. The van der Waals surface area contributed by atoms with Gasteiger partial charge in [-0.15, -0.1) is 0 Å². The molecule has 0 bridgehead atoms. The number of aromatic carboxylic acids is 1. The quantitative estimate of drug-likeness (QED) is 0.844. The first-order valence-corrected chi connectivity index (χ1v) is 5.44. The van der Waals surface area contributed by atoms with Crippen molar-refractivity contribution >= 4 is 17.6 Å². The van der Waals surface area contributed by atoms with Gasteiger partial charge in [-0.1, -0.05) is 6.07 Å². The normalized spacial score (nSPS) is 10.1. The first-order valence-electron chi connectivity index (χ1n) is 5.44. The Bertz CT molecular complexity index is 689. The van der Waals surface area contributed by atoms with Crippen molar-refractivity contribution in [2.24, 2.45) is 0 Å². The molecule has 2 N–H and O–H groups in total. The minimum absolute atomic E-state index is 0.259. The average molecular weight is 278 g/mol. The fraction of sp³-hybridized carbons (Fsp3) is 0. The van der Waals surface area contributed by atoms with Crippen LogP contribution in [0.2, 0.25) is 0 Å². The van der Waals surface area contributed by atoms with Crippen molar-refractivity contribution in [2.45, 2.75) is 0 Å². The van der Waals surface area contributed by atoms with Crippen LogP contribution in [-0.2, 0) is 0 Å². The number of hydrogen-bond donors (Lipinski definition) is 2. The van der Waals surface area contributed by atoms with Gasteiger partial charge in [0, 0.05) is 6.20 Å². The van der Waals surface area contributed by atoms with E-state index in [1.165, 1.54) is 24.3 Å². The maximum atomic E-state index is 13.4. The van der Waals surface area contributed by atoms with Crippen LogP contribution in [0.5, 0.6) is 0 Å². The third kappa shape index (κ3) is 2.61. The zero-order valence-electron chi connectivity index (χ0n) is 9.93. The number of carboxylic acid groups (broad SMARTS) is 1. The number of amides is 1. The minimum Gasteiger partial charge on any atom is -0.478 e. The van der Waals surface area contributed by atoms with Gasteiger partial charge in [-0.3, -0.25) is 4.79 Å². The molecule has 0 fully saturated rings. The van der Waals surface area contributed by atoms with Crippen LogP contribution in [0.3, 0.4) is 0 Å². The number of halogens is 2. The number of nitrogens with zero attached hydrogens (tertiary/aromatic N) is 1. The van der Waals surface area contributed by atoms with Crippen LogP contribution in [0.25, 0.3) is 0 Å². The molecule has 0 saturated heterocycles. The number of carbonyl (C=O) groups excluding carboxylic acids is 1. The van der Waals surface area contributed by atoms with Gasteiger partial charge in [0.25, 0.3) is 5.91 Å². The zero-order valence-corrected chi connectivity index (χ0v) is 9.93. The summed E-state index contributed by atoms with van der Waals surface area (Å²) in [7, 11) is 0. The largest absolute Gasteiger partial charge is 0.478 e. The van der Waals surface area contributed by atoms with Crippen molar-refractivity contribution in [1.29, 1.82) is 0 Å². The van der Waals surface area contributed by atoms with Crippen LogP contribution >= 0.6 is 0 Å². The highest BCUT2D eigenvalue weighted by Crippen LogP contribution is 2.20. The molecule has 2 aromatic rings. The van der Waals surface area contributed by atoms with E-state index in [4.69, 9.17) is 5.11 Å². The van der Waals surface area contributed by atoms with E-state index in [0.29, 0.717) is 0 Å². The van der Waals surface area contributed by atoms with E-state index >= 15 is 0 Å². The number of nitrogens with one attached hydrogen (secondary N) is 1. The second kappa shape index (κ2) is 5.43. The van der Waals surface area contributed by atoms with Gasteiger partial charge in [-0.25, -0.2) is 14.2 Å². The molecule has 1 aromatic carbocycles. The molecule has 0 aliphatic carbocycles. The summed E-state index contributed by atoms with van der Waals surface area (Å²) in [5.41, 5.74) is -1.32. The SMILES string of the molecule is O=C(Nc1cccc(F)c1C(=O)O)c1cccnc1F. The molecule has 0 aliphatic heterocycles. The molecule has 102 valence electrons. The van der Waals surface area contributed by atoms with Crippen LogP contribution < -0.4 is 5.32 Å². The molecular weight excluding hydrogens is 270 g/mol. The van der Waals surface area contributed by atoms with Crippen molar-refractivity contribution in [3.05, 3.63) is 59.4 Å². The van der Waals surface area contributed by atoms with E-state index < -0.39 is 29.2 Å². The summed E-state index contributed by atoms with van der Waals surface area (Å²) in [5, 5.41) is 11.1. The highest BCUT2D eigenvalue weighted by molar-refractivity contribution is 6.07. The van der Waals surface area contributed by atoms with Crippen molar-refractivity contribution in [3.8, 4) is 0 Å². The average Bonchev–Trinajstić information content (AvgIpc) is 2.38. The molecule has 20 heavy (non-hydrogen) atoms. The van der Waals surface area contributed by atoms with Gasteiger partial charge >= 0.3 is 5.97 Å². The smallest absolute Gasteiger partial charge is 0.340 e. The number of aromatic nitrogens is 1. The standard InChI is InChI=1S/C13H8F2N2O3/c14-8-4-1-5-9(10(8)13(19)20)17-12(18)7-3-2-6-16-11(7)15/h1-6H,(H,17,18)(H,19,20). The Kier molecular flexibility index (Phi) is 3.69. The Morgan fingerprint density at radius 1 is 1.15 bits per heavy atom. The van der Waals surface area contributed by atoms with Gasteiger partial charge in [0.2, 0.25) is 5.95 Å². The van der Waals surface area contributed by atoms with Gasteiger partial charge in [-0.2, -0.15) is 4.39 Å². The van der Waals surface area contributed by atoms with E-state index in [9.17, 15) is 18.4 Å². The molecule has 1 aromatic heterocycles. The Labute approximate surface area is 111 Å². The van der Waals surface area contributed by atoms with E-state index in [0.717, 1.165) is 12.3 Å². The molecule has 0 spiro atoms. The number of carbonyl (C=O) groups is 2. The second-order valence-electron chi connectivity index (χ2n) is 3.76. The molecule has 0 radical (unpaired) electrons. The molecule has 1 heterocycles. The van der Waals surface area contributed by atoms with Gasteiger partial charge in [-0.05, 0) is 24.3 Å². The molecule has 2 rings (SSSR count). The minimum atomic E-state index is -1.54. The van der Waals surface area contributed by atoms with Gasteiger partial charge < -0.3 is 10.4 Å². The first kappa shape index (κ1) is 13.6. The predicted molar refractivity (Wildman–Crippen MR) is 65.5 cm³/mol. The van der Waals surface area contributed by atoms with Crippen molar-refractivity contribution in [1.82, 2.24) is 4.98 Å². The Morgan fingerprint density at radius 3 is 2.55 bits per heavy atom. The molecule has 0 aliphatic rings. The maximum absolute atomic E-state index is 13.4. The summed E-state index contributed by atoms with van der Waals surface area (Å²) in [6, 6.07) is 5.92. The van der Waals surface area contributed by atoms with Gasteiger partial charge in [0.15, 0.2) is 0 Å². The molecule has 0 unspecified atom stereocenters. The zero-order chi connectivity index (χ0) is 14.7. The summed E-state index contributed by atoms with van der Waals surface area (Å²) >= 11 is 0. The number of rotatable bonds is 3. The molecule has 5 nitrogen and oxygen atoms in total. The number of benzene rings is 1. The summed E-state index contributed by atoms with van der Waals surface area (Å²) in [6.45, 7) is 0. The summed E-state index contributed by atoms with van der Waals surface area (Å²) < 4.78 is 26.7. The summed E-state index contributed by atoms with van der Waals surface area (Å²) in [5.74, 6) is -4.45. The molecule has 1 amide bonds. The lowest BCUT2D eigenvalue weighted by Crippen LogP contribution is -2.17. The topological polar surface area (TPSA) is 79.3 Å². The van der Waals surface area contributed by atoms with Crippen LogP contribution in [-0.4, -0.2) is 22.0 Å². The van der Waals surface area contributed by atoms with Crippen LogP contribution in [0.1, 0.15) is 20.7 Å². The lowest BCUT2D eigenvalue weighted by atomic mass is 10.1. The monoisotopic (exact) mass is 278 g/mol. The van der Waals surface area contributed by atoms with E-state index in [1.807, 2.05) is 0 Å². The number of hydrogen-bond acceptors (Lipinski definition) is 3. The fourth-order valence-electron chi connectivity index (χ4n) is 1.59. The maximum Gasteiger partial charge on any atom is 0.340 e. The third-order valence-corrected chi connectivity index (χ3v) is 2.48. The van der Waals surface area contributed by atoms with E-state index in [2.05, 4.69) is 10.3 Å². The highest BCUT2D eigenvalue weighted by Gasteiger charge is 2.19. The van der Waals surface area contributed by atoms with E-state index in [-0.39, 0.29) is 11.3 Å². The van der Waals surface area contributed by atoms with Crippen molar-refractivity contribution in [3.63, 3.8) is 0 Å². The molecular formula is C13H8F2N2O3. The predicted octanol–water partition coefficient (Wildman–Crippen LogP) is 2.31.